The van der Waals surface area contributed by atoms with E-state index in [0.717, 1.165) is 22.4 Å². The van der Waals surface area contributed by atoms with Crippen molar-refractivity contribution in [3.05, 3.63) is 34.7 Å². The summed E-state index contributed by atoms with van der Waals surface area (Å²) in [6.07, 6.45) is 2.91. The molecule has 0 atom stereocenters. The molecule has 2 rings (SSSR count). The second-order valence-electron chi connectivity index (χ2n) is 3.85. The molecule has 2 nitrogen and oxygen atoms in total. The maximum atomic E-state index is 9.06. The summed E-state index contributed by atoms with van der Waals surface area (Å²) in [7, 11) is 0. The quantitative estimate of drug-likeness (QED) is 0.855. The molecule has 0 radical (unpaired) electrons. The summed E-state index contributed by atoms with van der Waals surface area (Å²) in [6, 6.07) is 10.6. The zero-order valence-electron chi connectivity index (χ0n) is 10.4. The Labute approximate surface area is 115 Å². The van der Waals surface area contributed by atoms with E-state index in [-0.39, 0.29) is 0 Å². The molecule has 1 heterocycles. The molecular formula is C14H14N2S2. The number of anilines is 1. The van der Waals surface area contributed by atoms with Gasteiger partial charge in [-0.25, -0.2) is 0 Å². The van der Waals surface area contributed by atoms with Crippen LogP contribution in [0.1, 0.15) is 17.4 Å². The van der Waals surface area contributed by atoms with Gasteiger partial charge in [-0.05, 0) is 35.9 Å². The van der Waals surface area contributed by atoms with E-state index in [0.29, 0.717) is 10.6 Å². The zero-order chi connectivity index (χ0) is 13.1. The minimum atomic E-state index is 0.621. The van der Waals surface area contributed by atoms with Crippen LogP contribution >= 0.6 is 23.1 Å². The number of nitriles is 1. The third-order valence-corrected chi connectivity index (χ3v) is 4.80. The molecule has 0 spiro atoms. The first-order valence-corrected chi connectivity index (χ1v) is 7.71. The van der Waals surface area contributed by atoms with Crippen molar-refractivity contribution in [2.45, 2.75) is 18.2 Å². The van der Waals surface area contributed by atoms with Gasteiger partial charge in [0.25, 0.3) is 0 Å². The maximum Gasteiger partial charge on any atom is 0.128 e. The Bertz CT molecular complexity index is 591. The minimum absolute atomic E-state index is 0.621. The van der Waals surface area contributed by atoms with Crippen molar-refractivity contribution in [3.8, 4) is 16.5 Å². The first-order valence-electron chi connectivity index (χ1n) is 5.66. The molecule has 1 aromatic carbocycles. The van der Waals surface area contributed by atoms with Gasteiger partial charge in [0.2, 0.25) is 0 Å². The van der Waals surface area contributed by atoms with Crippen molar-refractivity contribution < 1.29 is 0 Å². The highest BCUT2D eigenvalue weighted by Gasteiger charge is 2.15. The van der Waals surface area contributed by atoms with Gasteiger partial charge < -0.3 is 5.73 Å². The van der Waals surface area contributed by atoms with Crippen LogP contribution in [0.2, 0.25) is 0 Å². The summed E-state index contributed by atoms with van der Waals surface area (Å²) in [5.74, 6) is 0. The fraction of sp³-hybridized carbons (Fsp3) is 0.214. The summed E-state index contributed by atoms with van der Waals surface area (Å²) in [5, 5.41) is 9.06. The van der Waals surface area contributed by atoms with Crippen LogP contribution in [-0.4, -0.2) is 6.26 Å². The molecule has 92 valence electrons. The van der Waals surface area contributed by atoms with Crippen molar-refractivity contribution in [2.24, 2.45) is 0 Å². The van der Waals surface area contributed by atoms with E-state index in [1.807, 2.05) is 0 Å². The third-order valence-electron chi connectivity index (χ3n) is 2.86. The normalized spacial score (nSPS) is 10.3. The van der Waals surface area contributed by atoms with Crippen molar-refractivity contribution in [3.63, 3.8) is 0 Å². The van der Waals surface area contributed by atoms with Crippen LogP contribution in [-0.2, 0) is 6.42 Å². The monoisotopic (exact) mass is 274 g/mol. The minimum Gasteiger partial charge on any atom is -0.397 e. The third kappa shape index (κ3) is 2.24. The van der Waals surface area contributed by atoms with Crippen molar-refractivity contribution in [2.75, 3.05) is 12.0 Å². The fourth-order valence-electron chi connectivity index (χ4n) is 1.89. The Morgan fingerprint density at radius 3 is 2.50 bits per heavy atom. The van der Waals surface area contributed by atoms with Crippen molar-refractivity contribution >= 4 is 28.8 Å². The van der Waals surface area contributed by atoms with Crippen LogP contribution in [0.5, 0.6) is 0 Å². The van der Waals surface area contributed by atoms with Crippen LogP contribution < -0.4 is 5.73 Å². The van der Waals surface area contributed by atoms with Crippen molar-refractivity contribution in [1.82, 2.24) is 0 Å². The fourth-order valence-corrected chi connectivity index (χ4v) is 3.41. The number of rotatable bonds is 3. The topological polar surface area (TPSA) is 49.8 Å². The number of benzene rings is 1. The van der Waals surface area contributed by atoms with E-state index < -0.39 is 0 Å². The smallest absolute Gasteiger partial charge is 0.128 e. The highest BCUT2D eigenvalue weighted by Crippen LogP contribution is 2.38. The highest BCUT2D eigenvalue weighted by molar-refractivity contribution is 7.98. The largest absolute Gasteiger partial charge is 0.397 e. The Kier molecular flexibility index (Phi) is 3.95. The second kappa shape index (κ2) is 5.47. The number of hydrogen-bond donors (Lipinski definition) is 1. The summed E-state index contributed by atoms with van der Waals surface area (Å²) < 4.78 is 0. The molecule has 0 saturated heterocycles. The summed E-state index contributed by atoms with van der Waals surface area (Å²) >= 11 is 3.21. The molecule has 18 heavy (non-hydrogen) atoms. The van der Waals surface area contributed by atoms with E-state index in [1.165, 1.54) is 16.2 Å². The van der Waals surface area contributed by atoms with E-state index in [2.05, 4.69) is 43.5 Å². The number of nitrogens with zero attached hydrogens (tertiary/aromatic N) is 1. The van der Waals surface area contributed by atoms with Gasteiger partial charge in [0, 0.05) is 9.77 Å². The van der Waals surface area contributed by atoms with Crippen LogP contribution in [0.25, 0.3) is 10.4 Å². The standard InChI is InChI=1S/C14H14N2S2/c1-3-11-13(16)12(8-15)18-14(11)9-4-6-10(17-2)7-5-9/h4-7H,3,16H2,1-2H3. The average Bonchev–Trinajstić information content (AvgIpc) is 2.75. The summed E-state index contributed by atoms with van der Waals surface area (Å²) in [5.41, 5.74) is 8.88. The van der Waals surface area contributed by atoms with E-state index in [9.17, 15) is 0 Å². The van der Waals surface area contributed by atoms with Gasteiger partial charge in [-0.3, -0.25) is 0 Å². The molecule has 0 fully saturated rings. The number of nitrogen functional groups attached to an aromatic ring is 1. The van der Waals surface area contributed by atoms with E-state index in [1.54, 1.807) is 11.8 Å². The van der Waals surface area contributed by atoms with Crippen LogP contribution in [0.3, 0.4) is 0 Å². The van der Waals surface area contributed by atoms with Crippen LogP contribution in [0, 0.1) is 11.3 Å². The van der Waals surface area contributed by atoms with E-state index in [4.69, 9.17) is 11.0 Å². The molecule has 2 N–H and O–H groups in total. The molecule has 0 bridgehead atoms. The lowest BCUT2D eigenvalue weighted by Gasteiger charge is -2.03. The molecule has 4 heteroatoms. The van der Waals surface area contributed by atoms with Crippen LogP contribution in [0.4, 0.5) is 5.69 Å². The molecule has 0 aliphatic heterocycles. The molecule has 0 aliphatic rings. The van der Waals surface area contributed by atoms with Gasteiger partial charge in [-0.1, -0.05) is 19.1 Å². The predicted octanol–water partition coefficient (Wildman–Crippen LogP) is 4.15. The molecule has 1 aromatic heterocycles. The number of hydrogen-bond acceptors (Lipinski definition) is 4. The molecule has 2 aromatic rings. The molecular weight excluding hydrogens is 260 g/mol. The Balaban J connectivity index is 2.53. The number of thiophene rings is 1. The lowest BCUT2D eigenvalue weighted by Crippen LogP contribution is -1.91. The lowest BCUT2D eigenvalue weighted by atomic mass is 10.1. The summed E-state index contributed by atoms with van der Waals surface area (Å²) in [6.45, 7) is 2.07. The predicted molar refractivity (Wildman–Crippen MR) is 80.0 cm³/mol. The maximum absolute atomic E-state index is 9.06. The van der Waals surface area contributed by atoms with Gasteiger partial charge in [0.15, 0.2) is 0 Å². The van der Waals surface area contributed by atoms with Gasteiger partial charge in [0.05, 0.1) is 5.69 Å². The lowest BCUT2D eigenvalue weighted by molar-refractivity contribution is 1.16. The van der Waals surface area contributed by atoms with Crippen LogP contribution in [0.15, 0.2) is 29.2 Å². The Morgan fingerprint density at radius 1 is 1.33 bits per heavy atom. The highest BCUT2D eigenvalue weighted by atomic mass is 32.2. The molecule has 0 saturated carbocycles. The SMILES string of the molecule is CCc1c(-c2ccc(SC)cc2)sc(C#N)c1N. The van der Waals surface area contributed by atoms with Crippen molar-refractivity contribution in [1.29, 1.82) is 5.26 Å². The molecule has 0 amide bonds. The van der Waals surface area contributed by atoms with Gasteiger partial charge >= 0.3 is 0 Å². The van der Waals surface area contributed by atoms with Gasteiger partial charge in [-0.15, -0.1) is 23.1 Å². The summed E-state index contributed by atoms with van der Waals surface area (Å²) in [4.78, 5) is 2.98. The first kappa shape index (κ1) is 13.0. The Hall–Kier alpha value is -1.44. The van der Waals surface area contributed by atoms with Gasteiger partial charge in [-0.2, -0.15) is 5.26 Å². The second-order valence-corrected chi connectivity index (χ2v) is 5.75. The number of nitrogens with two attached hydrogens (primary N) is 1. The molecule has 0 aliphatic carbocycles. The average molecular weight is 274 g/mol. The Morgan fingerprint density at radius 2 is 2.00 bits per heavy atom. The first-order chi connectivity index (χ1) is 8.71. The van der Waals surface area contributed by atoms with E-state index >= 15 is 0 Å². The molecule has 0 unspecified atom stereocenters. The van der Waals surface area contributed by atoms with Gasteiger partial charge in [0.1, 0.15) is 10.9 Å². The zero-order valence-corrected chi connectivity index (χ0v) is 12.0. The number of thioether (sulfide) groups is 1.